The van der Waals surface area contributed by atoms with Crippen LogP contribution >= 0.6 is 0 Å². The molecule has 0 aliphatic heterocycles. The first-order chi connectivity index (χ1) is 9.69. The Morgan fingerprint density at radius 2 is 2.10 bits per heavy atom. The average Bonchev–Trinajstić information content (AvgIpc) is 2.75. The first-order valence-corrected chi connectivity index (χ1v) is 6.10. The van der Waals surface area contributed by atoms with Gasteiger partial charge in [0.1, 0.15) is 23.4 Å². The first kappa shape index (κ1) is 12.3. The summed E-state index contributed by atoms with van der Waals surface area (Å²) in [5, 5.41) is 3.73. The topological polar surface area (TPSA) is 80.2 Å². The molecule has 0 amide bonds. The maximum absolute atomic E-state index is 10.5. The summed E-state index contributed by atoms with van der Waals surface area (Å²) in [5.74, 6) is 0.972. The zero-order valence-electron chi connectivity index (χ0n) is 11.0. The highest BCUT2D eigenvalue weighted by molar-refractivity contribution is 5.86. The van der Waals surface area contributed by atoms with Crippen LogP contribution in [0.4, 0.5) is 5.69 Å². The monoisotopic (exact) mass is 268 g/mol. The number of rotatable bonds is 3. The molecular formula is C14H12N4O2. The molecule has 0 atom stereocenters. The van der Waals surface area contributed by atoms with Gasteiger partial charge in [-0.1, -0.05) is 6.07 Å². The number of aromatic amines is 1. The van der Waals surface area contributed by atoms with Crippen LogP contribution in [0.25, 0.3) is 11.0 Å². The minimum absolute atomic E-state index is 0.315. The zero-order valence-corrected chi connectivity index (χ0v) is 11.0. The summed E-state index contributed by atoms with van der Waals surface area (Å²) >= 11 is 0. The Bertz CT molecular complexity index is 795. The van der Waals surface area contributed by atoms with Gasteiger partial charge in [0.2, 0.25) is 5.88 Å². The lowest BCUT2D eigenvalue weighted by molar-refractivity contribution is 0.468. The molecule has 0 aliphatic rings. The Kier molecular flexibility index (Phi) is 2.90. The van der Waals surface area contributed by atoms with E-state index in [4.69, 9.17) is 4.74 Å². The normalized spacial score (nSPS) is 10.7. The van der Waals surface area contributed by atoms with Crippen molar-refractivity contribution in [3.8, 4) is 11.6 Å². The fourth-order valence-electron chi connectivity index (χ4n) is 2.05. The summed E-state index contributed by atoms with van der Waals surface area (Å²) < 4.78 is 5.76. The van der Waals surface area contributed by atoms with E-state index < -0.39 is 0 Å². The van der Waals surface area contributed by atoms with Crippen molar-refractivity contribution < 1.29 is 4.74 Å². The summed E-state index contributed by atoms with van der Waals surface area (Å²) in [5.41, 5.74) is 3.11. The Labute approximate surface area is 114 Å². The molecule has 0 saturated carbocycles. The molecule has 6 heteroatoms. The van der Waals surface area contributed by atoms with Crippen molar-refractivity contribution >= 4 is 16.7 Å². The van der Waals surface area contributed by atoms with Crippen LogP contribution in [-0.4, -0.2) is 15.0 Å². The van der Waals surface area contributed by atoms with Gasteiger partial charge in [-0.2, -0.15) is 0 Å². The van der Waals surface area contributed by atoms with E-state index in [-0.39, 0.29) is 0 Å². The molecule has 100 valence electrons. The van der Waals surface area contributed by atoms with Gasteiger partial charge in [0, 0.05) is 11.8 Å². The van der Waals surface area contributed by atoms with Crippen LogP contribution in [0, 0.1) is 18.8 Å². The van der Waals surface area contributed by atoms with Gasteiger partial charge in [-0.25, -0.2) is 9.97 Å². The second-order valence-electron chi connectivity index (χ2n) is 4.47. The van der Waals surface area contributed by atoms with E-state index in [2.05, 4.69) is 20.1 Å². The van der Waals surface area contributed by atoms with Gasteiger partial charge < -0.3 is 9.72 Å². The fraction of sp³-hybridized carbons (Fsp3) is 0.143. The number of benzene rings is 1. The van der Waals surface area contributed by atoms with Crippen LogP contribution in [0.15, 0.2) is 35.8 Å². The molecule has 0 bridgehead atoms. The van der Waals surface area contributed by atoms with E-state index in [9.17, 15) is 4.91 Å². The van der Waals surface area contributed by atoms with Crippen molar-refractivity contribution in [2.75, 3.05) is 0 Å². The van der Waals surface area contributed by atoms with E-state index in [0.29, 0.717) is 17.3 Å². The Morgan fingerprint density at radius 3 is 2.90 bits per heavy atom. The lowest BCUT2D eigenvalue weighted by atomic mass is 10.2. The van der Waals surface area contributed by atoms with Crippen molar-refractivity contribution in [1.82, 2.24) is 15.0 Å². The fourth-order valence-corrected chi connectivity index (χ4v) is 2.05. The predicted octanol–water partition coefficient (Wildman–Crippen LogP) is 3.76. The quantitative estimate of drug-likeness (QED) is 0.733. The zero-order chi connectivity index (χ0) is 14.1. The molecule has 0 unspecified atom stereocenters. The van der Waals surface area contributed by atoms with E-state index in [1.54, 1.807) is 24.3 Å². The van der Waals surface area contributed by atoms with Gasteiger partial charge in [0.15, 0.2) is 0 Å². The minimum Gasteiger partial charge on any atom is -0.438 e. The van der Waals surface area contributed by atoms with Crippen molar-refractivity contribution in [2.24, 2.45) is 5.18 Å². The van der Waals surface area contributed by atoms with Crippen molar-refractivity contribution in [3.63, 3.8) is 0 Å². The number of nitrogens with one attached hydrogen (secondary N) is 1. The van der Waals surface area contributed by atoms with Gasteiger partial charge in [-0.05, 0) is 36.7 Å². The average molecular weight is 268 g/mol. The number of nitroso groups, excluding NO2 is 1. The molecule has 3 aromatic rings. The third-order valence-corrected chi connectivity index (χ3v) is 3.19. The number of H-pyrrole nitrogens is 1. The molecule has 0 radical (unpaired) electrons. The lowest BCUT2D eigenvalue weighted by Crippen LogP contribution is -1.90. The van der Waals surface area contributed by atoms with Crippen LogP contribution in [0.2, 0.25) is 0 Å². The number of aryl methyl sites for hydroxylation is 2. The maximum atomic E-state index is 10.5. The molecular weight excluding hydrogens is 256 g/mol. The van der Waals surface area contributed by atoms with E-state index in [1.165, 1.54) is 6.33 Å². The standard InChI is InChI=1S/C14H12N4O2/c1-8-9(2)17-13-12(8)14(16-7-15-13)20-11-5-3-4-10(6-11)18-19/h3-7H,1-2H3,(H,15,16,17). The second-order valence-corrected chi connectivity index (χ2v) is 4.47. The molecule has 20 heavy (non-hydrogen) atoms. The molecule has 2 heterocycles. The first-order valence-electron chi connectivity index (χ1n) is 6.10. The summed E-state index contributed by atoms with van der Waals surface area (Å²) in [6.07, 6.45) is 1.44. The Hall–Kier alpha value is -2.76. The number of fused-ring (bicyclic) bond motifs is 1. The van der Waals surface area contributed by atoms with Crippen molar-refractivity contribution in [1.29, 1.82) is 0 Å². The summed E-state index contributed by atoms with van der Waals surface area (Å²) in [4.78, 5) is 22.1. The molecule has 0 spiro atoms. The highest BCUT2D eigenvalue weighted by Crippen LogP contribution is 2.31. The molecule has 0 aliphatic carbocycles. The number of hydrogen-bond donors (Lipinski definition) is 1. The summed E-state index contributed by atoms with van der Waals surface area (Å²) in [6.45, 7) is 3.95. The lowest BCUT2D eigenvalue weighted by Gasteiger charge is -2.06. The molecule has 1 N–H and O–H groups in total. The Morgan fingerprint density at radius 1 is 1.25 bits per heavy atom. The highest BCUT2D eigenvalue weighted by atomic mass is 16.5. The number of hydrogen-bond acceptors (Lipinski definition) is 5. The minimum atomic E-state index is 0.315. The number of nitrogens with zero attached hydrogens (tertiary/aromatic N) is 3. The molecule has 0 fully saturated rings. The molecule has 0 saturated heterocycles. The van der Waals surface area contributed by atoms with Crippen LogP contribution in [0.3, 0.4) is 0 Å². The third kappa shape index (κ3) is 2.01. The van der Waals surface area contributed by atoms with Crippen LogP contribution < -0.4 is 4.74 Å². The molecule has 2 aromatic heterocycles. The largest absolute Gasteiger partial charge is 0.438 e. The van der Waals surface area contributed by atoms with E-state index in [1.807, 2.05) is 13.8 Å². The van der Waals surface area contributed by atoms with Crippen LogP contribution in [0.1, 0.15) is 11.3 Å². The van der Waals surface area contributed by atoms with Gasteiger partial charge in [0.05, 0.1) is 5.39 Å². The number of aromatic nitrogens is 3. The van der Waals surface area contributed by atoms with E-state index >= 15 is 0 Å². The predicted molar refractivity (Wildman–Crippen MR) is 75.3 cm³/mol. The molecule has 1 aromatic carbocycles. The summed E-state index contributed by atoms with van der Waals surface area (Å²) in [6, 6.07) is 6.63. The maximum Gasteiger partial charge on any atom is 0.232 e. The van der Waals surface area contributed by atoms with Gasteiger partial charge in [-0.15, -0.1) is 4.91 Å². The number of ether oxygens (including phenoxy) is 1. The summed E-state index contributed by atoms with van der Waals surface area (Å²) in [7, 11) is 0. The van der Waals surface area contributed by atoms with Crippen molar-refractivity contribution in [3.05, 3.63) is 46.8 Å². The van der Waals surface area contributed by atoms with Crippen LogP contribution in [-0.2, 0) is 0 Å². The van der Waals surface area contributed by atoms with Gasteiger partial charge in [0.25, 0.3) is 0 Å². The highest BCUT2D eigenvalue weighted by Gasteiger charge is 2.13. The van der Waals surface area contributed by atoms with Gasteiger partial charge in [-0.3, -0.25) is 0 Å². The van der Waals surface area contributed by atoms with Crippen LogP contribution in [0.5, 0.6) is 11.6 Å². The molecule has 6 nitrogen and oxygen atoms in total. The third-order valence-electron chi connectivity index (χ3n) is 3.19. The second kappa shape index (κ2) is 4.73. The van der Waals surface area contributed by atoms with Crippen molar-refractivity contribution in [2.45, 2.75) is 13.8 Å². The molecule has 3 rings (SSSR count). The van der Waals surface area contributed by atoms with Gasteiger partial charge >= 0.3 is 0 Å². The smallest absolute Gasteiger partial charge is 0.232 e. The SMILES string of the molecule is Cc1[nH]c2ncnc(Oc3cccc(N=O)c3)c2c1C. The Balaban J connectivity index is 2.08. The van der Waals surface area contributed by atoms with E-state index in [0.717, 1.165) is 22.3 Å².